The summed E-state index contributed by atoms with van der Waals surface area (Å²) in [6, 6.07) is 1.45. The second-order valence-corrected chi connectivity index (χ2v) is 5.94. The molecule has 2 rings (SSSR count). The smallest absolute Gasteiger partial charge is 0.243 e. The first kappa shape index (κ1) is 12.8. The van der Waals surface area contributed by atoms with Crippen LogP contribution in [0.4, 0.5) is 0 Å². The van der Waals surface area contributed by atoms with Crippen molar-refractivity contribution < 1.29 is 13.2 Å². The van der Waals surface area contributed by atoms with Crippen molar-refractivity contribution in [3.63, 3.8) is 0 Å². The molecular formula is C10H13ClN2O3S. The number of sulfonamides is 1. The predicted octanol–water partition coefficient (Wildman–Crippen LogP) is 1.19. The van der Waals surface area contributed by atoms with Gasteiger partial charge in [-0.3, -0.25) is 4.98 Å². The van der Waals surface area contributed by atoms with Crippen molar-refractivity contribution in [1.82, 2.24) is 9.71 Å². The zero-order chi connectivity index (χ0) is 12.3. The number of hydrogen-bond donors (Lipinski definition) is 1. The van der Waals surface area contributed by atoms with Crippen LogP contribution < -0.4 is 4.72 Å². The molecule has 0 amide bonds. The molecule has 1 N–H and O–H groups in total. The highest BCUT2D eigenvalue weighted by molar-refractivity contribution is 7.89. The van der Waals surface area contributed by atoms with E-state index in [9.17, 15) is 8.42 Å². The number of nitrogens with one attached hydrogen (secondary N) is 1. The molecule has 2 heterocycles. The van der Waals surface area contributed by atoms with Crippen molar-refractivity contribution in [2.24, 2.45) is 0 Å². The Balaban J connectivity index is 2.06. The van der Waals surface area contributed by atoms with Gasteiger partial charge in [-0.15, -0.1) is 0 Å². The van der Waals surface area contributed by atoms with E-state index in [4.69, 9.17) is 16.3 Å². The number of hydrogen-bond acceptors (Lipinski definition) is 4. The molecular weight excluding hydrogens is 264 g/mol. The van der Waals surface area contributed by atoms with Crippen molar-refractivity contribution in [2.75, 3.05) is 13.2 Å². The standard InChI is InChI=1S/C10H13ClN2O3S/c11-9-3-4-12-7-10(9)17(14,15)13-6-8-2-1-5-16-8/h3-4,7-8,13H,1-2,5-6H2. The van der Waals surface area contributed by atoms with Crippen LogP contribution in [-0.2, 0) is 14.8 Å². The minimum absolute atomic E-state index is 0.000311. The lowest BCUT2D eigenvalue weighted by molar-refractivity contribution is 0.114. The Labute approximate surface area is 105 Å². The Kier molecular flexibility index (Phi) is 3.98. The fourth-order valence-electron chi connectivity index (χ4n) is 1.65. The van der Waals surface area contributed by atoms with Gasteiger partial charge >= 0.3 is 0 Å². The van der Waals surface area contributed by atoms with Crippen LogP contribution in [0.1, 0.15) is 12.8 Å². The van der Waals surface area contributed by atoms with Gasteiger partial charge in [-0.05, 0) is 18.9 Å². The third-order valence-electron chi connectivity index (χ3n) is 2.55. The molecule has 0 aliphatic carbocycles. The molecule has 0 bridgehead atoms. The van der Waals surface area contributed by atoms with Gasteiger partial charge in [-0.25, -0.2) is 13.1 Å². The van der Waals surface area contributed by atoms with Crippen LogP contribution in [-0.4, -0.2) is 32.7 Å². The van der Waals surface area contributed by atoms with Crippen LogP contribution in [0.15, 0.2) is 23.4 Å². The summed E-state index contributed by atoms with van der Waals surface area (Å²) in [7, 11) is -3.60. The predicted molar refractivity (Wildman–Crippen MR) is 63.4 cm³/mol. The van der Waals surface area contributed by atoms with Gasteiger partial charge in [-0.2, -0.15) is 0 Å². The summed E-state index contributed by atoms with van der Waals surface area (Å²) < 4.78 is 31.7. The summed E-state index contributed by atoms with van der Waals surface area (Å²) in [4.78, 5) is 3.76. The third kappa shape index (κ3) is 3.16. The lowest BCUT2D eigenvalue weighted by Crippen LogP contribution is -2.32. The molecule has 0 spiro atoms. The molecule has 0 radical (unpaired) electrons. The van der Waals surface area contributed by atoms with Gasteiger partial charge in [0.05, 0.1) is 11.1 Å². The summed E-state index contributed by atoms with van der Waals surface area (Å²) in [6.45, 7) is 0.966. The summed E-state index contributed by atoms with van der Waals surface area (Å²) in [5.74, 6) is 0. The van der Waals surface area contributed by atoms with Gasteiger partial charge in [0, 0.05) is 25.5 Å². The summed E-state index contributed by atoms with van der Waals surface area (Å²) in [5, 5.41) is 0.167. The molecule has 0 saturated carbocycles. The first-order valence-corrected chi connectivity index (χ1v) is 7.16. The molecule has 17 heavy (non-hydrogen) atoms. The van der Waals surface area contributed by atoms with Crippen LogP contribution in [0.25, 0.3) is 0 Å². The zero-order valence-corrected chi connectivity index (χ0v) is 10.7. The molecule has 94 valence electrons. The van der Waals surface area contributed by atoms with Crippen LogP contribution in [0, 0.1) is 0 Å². The van der Waals surface area contributed by atoms with Crippen LogP contribution >= 0.6 is 11.6 Å². The van der Waals surface area contributed by atoms with Gasteiger partial charge in [0.15, 0.2) is 0 Å². The Bertz CT molecular complexity index is 486. The molecule has 1 aromatic heterocycles. The number of rotatable bonds is 4. The van der Waals surface area contributed by atoms with E-state index in [1.165, 1.54) is 18.5 Å². The normalized spacial score (nSPS) is 20.6. The van der Waals surface area contributed by atoms with E-state index < -0.39 is 10.0 Å². The molecule has 5 nitrogen and oxygen atoms in total. The van der Waals surface area contributed by atoms with Crippen molar-refractivity contribution in [3.8, 4) is 0 Å². The Morgan fingerprint density at radius 2 is 2.41 bits per heavy atom. The number of aromatic nitrogens is 1. The average molecular weight is 277 g/mol. The third-order valence-corrected chi connectivity index (χ3v) is 4.44. The van der Waals surface area contributed by atoms with E-state index in [0.29, 0.717) is 6.61 Å². The first-order valence-electron chi connectivity index (χ1n) is 5.30. The second kappa shape index (κ2) is 5.30. The zero-order valence-electron chi connectivity index (χ0n) is 9.10. The summed E-state index contributed by atoms with van der Waals surface area (Å²) >= 11 is 5.81. The lowest BCUT2D eigenvalue weighted by Gasteiger charge is -2.11. The maximum absolute atomic E-state index is 11.9. The Morgan fingerprint density at radius 1 is 1.59 bits per heavy atom. The van der Waals surface area contributed by atoms with Crippen LogP contribution in [0.2, 0.25) is 5.02 Å². The molecule has 1 saturated heterocycles. The maximum Gasteiger partial charge on any atom is 0.243 e. The average Bonchev–Trinajstić information content (AvgIpc) is 2.80. The fourth-order valence-corrected chi connectivity index (χ4v) is 3.14. The van der Waals surface area contributed by atoms with Crippen molar-refractivity contribution >= 4 is 21.6 Å². The second-order valence-electron chi connectivity index (χ2n) is 3.79. The lowest BCUT2D eigenvalue weighted by atomic mass is 10.2. The highest BCUT2D eigenvalue weighted by atomic mass is 35.5. The van der Waals surface area contributed by atoms with E-state index in [2.05, 4.69) is 9.71 Å². The number of ether oxygens (including phenoxy) is 1. The Morgan fingerprint density at radius 3 is 3.06 bits per heavy atom. The maximum atomic E-state index is 11.9. The monoisotopic (exact) mass is 276 g/mol. The van der Waals surface area contributed by atoms with Gasteiger partial charge in [0.25, 0.3) is 0 Å². The minimum Gasteiger partial charge on any atom is -0.377 e. The van der Waals surface area contributed by atoms with Gasteiger partial charge in [0.1, 0.15) is 4.90 Å². The Hall–Kier alpha value is -0.690. The van der Waals surface area contributed by atoms with Crippen molar-refractivity contribution in [1.29, 1.82) is 0 Å². The molecule has 1 aliphatic rings. The quantitative estimate of drug-likeness (QED) is 0.897. The molecule has 0 aromatic carbocycles. The van der Waals surface area contributed by atoms with E-state index in [0.717, 1.165) is 12.8 Å². The number of pyridine rings is 1. The van der Waals surface area contributed by atoms with E-state index in [1.54, 1.807) is 0 Å². The molecule has 1 fully saturated rings. The molecule has 1 atom stereocenters. The SMILES string of the molecule is O=S(=O)(NCC1CCCO1)c1cnccc1Cl. The van der Waals surface area contributed by atoms with Crippen molar-refractivity contribution in [2.45, 2.75) is 23.8 Å². The first-order chi connectivity index (χ1) is 8.09. The summed E-state index contributed by atoms with van der Waals surface area (Å²) in [5.41, 5.74) is 0. The van der Waals surface area contributed by atoms with Crippen molar-refractivity contribution in [3.05, 3.63) is 23.5 Å². The van der Waals surface area contributed by atoms with E-state index in [-0.39, 0.29) is 22.6 Å². The highest BCUT2D eigenvalue weighted by Gasteiger charge is 2.22. The van der Waals surface area contributed by atoms with E-state index >= 15 is 0 Å². The fraction of sp³-hybridized carbons (Fsp3) is 0.500. The van der Waals surface area contributed by atoms with Gasteiger partial charge < -0.3 is 4.74 Å². The number of nitrogens with zero attached hydrogens (tertiary/aromatic N) is 1. The summed E-state index contributed by atoms with van der Waals surface area (Å²) in [6.07, 6.45) is 4.49. The largest absolute Gasteiger partial charge is 0.377 e. The molecule has 1 unspecified atom stereocenters. The van der Waals surface area contributed by atoms with Crippen LogP contribution in [0.5, 0.6) is 0 Å². The molecule has 1 aliphatic heterocycles. The number of halogens is 1. The van der Waals surface area contributed by atoms with Crippen LogP contribution in [0.3, 0.4) is 0 Å². The molecule has 1 aromatic rings. The van der Waals surface area contributed by atoms with E-state index in [1.807, 2.05) is 0 Å². The van der Waals surface area contributed by atoms with Gasteiger partial charge in [0.2, 0.25) is 10.0 Å². The highest BCUT2D eigenvalue weighted by Crippen LogP contribution is 2.19. The molecule has 7 heteroatoms. The minimum atomic E-state index is -3.60. The van der Waals surface area contributed by atoms with Gasteiger partial charge in [-0.1, -0.05) is 11.6 Å². The topological polar surface area (TPSA) is 68.3 Å².